The molecular formula is C12H14N2O2. The Morgan fingerprint density at radius 1 is 1.44 bits per heavy atom. The first-order chi connectivity index (χ1) is 7.65. The molecule has 0 saturated heterocycles. The number of rotatable bonds is 2. The Morgan fingerprint density at radius 2 is 2.19 bits per heavy atom. The molecule has 4 nitrogen and oxygen atoms in total. The van der Waals surface area contributed by atoms with E-state index in [4.69, 9.17) is 4.74 Å². The Kier molecular flexibility index (Phi) is 2.64. The van der Waals surface area contributed by atoms with Crippen molar-refractivity contribution >= 4 is 11.5 Å². The quantitative estimate of drug-likeness (QED) is 0.726. The van der Waals surface area contributed by atoms with Crippen LogP contribution in [0.5, 0.6) is 0 Å². The largest absolute Gasteiger partial charge is 0.464 e. The number of ether oxygens (including phenoxy) is 1. The van der Waals surface area contributed by atoms with Crippen LogP contribution in [0.15, 0.2) is 24.4 Å². The van der Waals surface area contributed by atoms with Crippen LogP contribution in [0.25, 0.3) is 5.52 Å². The highest BCUT2D eigenvalue weighted by Gasteiger charge is 2.15. The van der Waals surface area contributed by atoms with Crippen molar-refractivity contribution in [1.82, 2.24) is 9.38 Å². The van der Waals surface area contributed by atoms with Gasteiger partial charge in [-0.05, 0) is 12.1 Å². The predicted molar refractivity (Wildman–Crippen MR) is 60.6 cm³/mol. The fourth-order valence-electron chi connectivity index (χ4n) is 1.74. The first-order valence-electron chi connectivity index (χ1n) is 5.20. The van der Waals surface area contributed by atoms with Gasteiger partial charge < -0.3 is 4.74 Å². The average molecular weight is 218 g/mol. The number of imidazole rings is 1. The van der Waals surface area contributed by atoms with Gasteiger partial charge in [0.05, 0.1) is 18.8 Å². The molecule has 4 heteroatoms. The van der Waals surface area contributed by atoms with Crippen molar-refractivity contribution in [3.63, 3.8) is 0 Å². The molecule has 16 heavy (non-hydrogen) atoms. The molecule has 0 aromatic carbocycles. The van der Waals surface area contributed by atoms with Crippen molar-refractivity contribution < 1.29 is 9.53 Å². The predicted octanol–water partition coefficient (Wildman–Crippen LogP) is 2.24. The zero-order chi connectivity index (χ0) is 11.7. The van der Waals surface area contributed by atoms with E-state index < -0.39 is 0 Å². The molecule has 0 atom stereocenters. The lowest BCUT2D eigenvalue weighted by molar-refractivity contribution is 0.0592. The monoisotopic (exact) mass is 218 g/mol. The van der Waals surface area contributed by atoms with Gasteiger partial charge in [-0.1, -0.05) is 19.9 Å². The van der Waals surface area contributed by atoms with Crippen LogP contribution in [-0.4, -0.2) is 22.5 Å². The standard InChI is InChI=1S/C12H14N2O2/c1-8(2)11-13-7-9-5-4-6-10(14(9)11)12(15)16-3/h4-8H,1-3H3. The van der Waals surface area contributed by atoms with Gasteiger partial charge in [0.25, 0.3) is 0 Å². The molecule has 2 heterocycles. The van der Waals surface area contributed by atoms with Crippen molar-refractivity contribution in [2.24, 2.45) is 0 Å². The maximum Gasteiger partial charge on any atom is 0.355 e. The molecule has 0 aliphatic heterocycles. The molecule has 0 aliphatic carbocycles. The van der Waals surface area contributed by atoms with E-state index in [0.717, 1.165) is 11.3 Å². The summed E-state index contributed by atoms with van der Waals surface area (Å²) in [4.78, 5) is 16.0. The molecule has 0 saturated carbocycles. The van der Waals surface area contributed by atoms with Crippen LogP contribution in [0.3, 0.4) is 0 Å². The van der Waals surface area contributed by atoms with Gasteiger partial charge in [0, 0.05) is 5.92 Å². The summed E-state index contributed by atoms with van der Waals surface area (Å²) in [6.45, 7) is 4.09. The maximum atomic E-state index is 11.6. The van der Waals surface area contributed by atoms with Crippen LogP contribution >= 0.6 is 0 Å². The Balaban J connectivity index is 2.73. The number of carbonyl (C=O) groups is 1. The third-order valence-corrected chi connectivity index (χ3v) is 2.49. The van der Waals surface area contributed by atoms with Crippen molar-refractivity contribution in [3.8, 4) is 0 Å². The molecule has 0 amide bonds. The maximum absolute atomic E-state index is 11.6. The topological polar surface area (TPSA) is 43.6 Å². The van der Waals surface area contributed by atoms with Crippen LogP contribution in [0, 0.1) is 0 Å². The summed E-state index contributed by atoms with van der Waals surface area (Å²) in [6.07, 6.45) is 1.77. The van der Waals surface area contributed by atoms with Gasteiger partial charge in [0.15, 0.2) is 0 Å². The smallest absolute Gasteiger partial charge is 0.355 e. The highest BCUT2D eigenvalue weighted by atomic mass is 16.5. The van der Waals surface area contributed by atoms with E-state index in [1.807, 2.05) is 30.4 Å². The second-order valence-electron chi connectivity index (χ2n) is 3.93. The summed E-state index contributed by atoms with van der Waals surface area (Å²) in [5, 5.41) is 0. The van der Waals surface area contributed by atoms with E-state index in [1.54, 1.807) is 12.3 Å². The van der Waals surface area contributed by atoms with E-state index in [2.05, 4.69) is 4.98 Å². The summed E-state index contributed by atoms with van der Waals surface area (Å²) in [5.41, 5.74) is 1.42. The van der Waals surface area contributed by atoms with Gasteiger partial charge in [0.1, 0.15) is 11.5 Å². The lowest BCUT2D eigenvalue weighted by Crippen LogP contribution is -2.10. The van der Waals surface area contributed by atoms with Gasteiger partial charge in [0.2, 0.25) is 0 Å². The first-order valence-corrected chi connectivity index (χ1v) is 5.20. The molecule has 2 aromatic rings. The molecule has 0 aliphatic rings. The summed E-state index contributed by atoms with van der Waals surface area (Å²) < 4.78 is 6.60. The highest BCUT2D eigenvalue weighted by Crippen LogP contribution is 2.18. The van der Waals surface area contributed by atoms with Crippen molar-refractivity contribution in [1.29, 1.82) is 0 Å². The fraction of sp³-hybridized carbons (Fsp3) is 0.333. The van der Waals surface area contributed by atoms with Crippen LogP contribution in [0.1, 0.15) is 36.1 Å². The minimum Gasteiger partial charge on any atom is -0.464 e. The number of methoxy groups -OCH3 is 1. The molecular weight excluding hydrogens is 204 g/mol. The summed E-state index contributed by atoms with van der Waals surface area (Å²) in [6, 6.07) is 5.49. The number of esters is 1. The minimum absolute atomic E-state index is 0.258. The van der Waals surface area contributed by atoms with Crippen molar-refractivity contribution in [2.75, 3.05) is 7.11 Å². The normalized spacial score (nSPS) is 11.0. The Morgan fingerprint density at radius 3 is 2.81 bits per heavy atom. The Bertz CT molecular complexity index is 529. The minimum atomic E-state index is -0.342. The summed E-state index contributed by atoms with van der Waals surface area (Å²) in [7, 11) is 1.38. The molecule has 0 fully saturated rings. The van der Waals surface area contributed by atoms with E-state index in [9.17, 15) is 4.79 Å². The van der Waals surface area contributed by atoms with Crippen molar-refractivity contribution in [2.45, 2.75) is 19.8 Å². The van der Waals surface area contributed by atoms with Gasteiger partial charge in [-0.3, -0.25) is 4.40 Å². The number of hydrogen-bond donors (Lipinski definition) is 0. The highest BCUT2D eigenvalue weighted by molar-refractivity contribution is 5.88. The first kappa shape index (κ1) is 10.7. The van der Waals surface area contributed by atoms with Crippen LogP contribution in [0.2, 0.25) is 0 Å². The van der Waals surface area contributed by atoms with Gasteiger partial charge in [-0.2, -0.15) is 0 Å². The average Bonchev–Trinajstić information content (AvgIpc) is 2.71. The van der Waals surface area contributed by atoms with Gasteiger partial charge >= 0.3 is 5.97 Å². The summed E-state index contributed by atoms with van der Waals surface area (Å²) in [5.74, 6) is 0.787. The number of pyridine rings is 1. The SMILES string of the molecule is COC(=O)c1cccc2cnc(C(C)C)n12. The van der Waals surface area contributed by atoms with Crippen LogP contribution in [0.4, 0.5) is 0 Å². The van der Waals surface area contributed by atoms with Crippen molar-refractivity contribution in [3.05, 3.63) is 35.9 Å². The lowest BCUT2D eigenvalue weighted by atomic mass is 10.2. The number of fused-ring (bicyclic) bond motifs is 1. The molecule has 0 unspecified atom stereocenters. The fourth-order valence-corrected chi connectivity index (χ4v) is 1.74. The van der Waals surface area contributed by atoms with Crippen LogP contribution in [-0.2, 0) is 4.74 Å². The van der Waals surface area contributed by atoms with E-state index >= 15 is 0 Å². The zero-order valence-corrected chi connectivity index (χ0v) is 9.60. The number of nitrogens with zero attached hydrogens (tertiary/aromatic N) is 2. The Labute approximate surface area is 93.9 Å². The molecule has 0 spiro atoms. The van der Waals surface area contributed by atoms with Crippen LogP contribution < -0.4 is 0 Å². The Hall–Kier alpha value is -1.84. The molecule has 84 valence electrons. The molecule has 2 rings (SSSR count). The zero-order valence-electron chi connectivity index (χ0n) is 9.60. The summed E-state index contributed by atoms with van der Waals surface area (Å²) >= 11 is 0. The molecule has 2 aromatic heterocycles. The number of hydrogen-bond acceptors (Lipinski definition) is 3. The van der Waals surface area contributed by atoms with Gasteiger partial charge in [-0.25, -0.2) is 9.78 Å². The van der Waals surface area contributed by atoms with E-state index in [0.29, 0.717) is 5.69 Å². The second-order valence-corrected chi connectivity index (χ2v) is 3.93. The third kappa shape index (κ3) is 1.56. The molecule has 0 radical (unpaired) electrons. The van der Waals surface area contributed by atoms with E-state index in [-0.39, 0.29) is 11.9 Å². The second kappa shape index (κ2) is 3.96. The lowest BCUT2D eigenvalue weighted by Gasteiger charge is -2.08. The third-order valence-electron chi connectivity index (χ3n) is 2.49. The number of carbonyl (C=O) groups excluding carboxylic acids is 1. The van der Waals surface area contributed by atoms with Gasteiger partial charge in [-0.15, -0.1) is 0 Å². The van der Waals surface area contributed by atoms with E-state index in [1.165, 1.54) is 7.11 Å². The number of aromatic nitrogens is 2. The molecule has 0 bridgehead atoms. The molecule has 0 N–H and O–H groups in total.